The smallest absolute Gasteiger partial charge is 0.326 e. The van der Waals surface area contributed by atoms with Crippen LogP contribution in [0.1, 0.15) is 26.7 Å². The number of carboxylic acid groups (broad SMARTS) is 1. The second-order valence-corrected chi connectivity index (χ2v) is 4.31. The summed E-state index contributed by atoms with van der Waals surface area (Å²) in [6, 6.07) is -1.91. The highest BCUT2D eigenvalue weighted by molar-refractivity contribution is 5.87. The van der Waals surface area contributed by atoms with Crippen molar-refractivity contribution in [1.82, 2.24) is 15.5 Å². The molecule has 0 aromatic heterocycles. The van der Waals surface area contributed by atoms with E-state index in [9.17, 15) is 19.2 Å². The molecular formula is C12H22N4O5. The topological polar surface area (TPSA) is 142 Å². The molecule has 0 aromatic rings. The molecule has 0 aliphatic carbocycles. The zero-order valence-electron chi connectivity index (χ0n) is 12.2. The molecular weight excluding hydrogens is 280 g/mol. The molecule has 0 spiro atoms. The summed E-state index contributed by atoms with van der Waals surface area (Å²) in [7, 11) is 0. The van der Waals surface area contributed by atoms with E-state index in [1.807, 2.05) is 0 Å². The number of urea groups is 1. The van der Waals surface area contributed by atoms with Gasteiger partial charge in [-0.1, -0.05) is 0 Å². The van der Waals surface area contributed by atoms with Crippen molar-refractivity contribution >= 4 is 23.8 Å². The van der Waals surface area contributed by atoms with Gasteiger partial charge in [0.15, 0.2) is 0 Å². The van der Waals surface area contributed by atoms with Crippen molar-refractivity contribution in [2.45, 2.75) is 32.7 Å². The second-order valence-electron chi connectivity index (χ2n) is 4.31. The Balaban J connectivity index is 4.59. The summed E-state index contributed by atoms with van der Waals surface area (Å²) in [6.45, 7) is 3.92. The van der Waals surface area contributed by atoms with Crippen LogP contribution in [0, 0.1) is 0 Å². The molecule has 0 aliphatic rings. The van der Waals surface area contributed by atoms with E-state index in [1.165, 1.54) is 4.90 Å². The van der Waals surface area contributed by atoms with Gasteiger partial charge in [-0.3, -0.25) is 9.59 Å². The number of likely N-dealkylation sites (N-methyl/N-ethyl adjacent to an activating group) is 2. The van der Waals surface area contributed by atoms with Crippen LogP contribution in [-0.4, -0.2) is 59.5 Å². The summed E-state index contributed by atoms with van der Waals surface area (Å²) < 4.78 is 0. The minimum atomic E-state index is -1.27. The van der Waals surface area contributed by atoms with Crippen molar-refractivity contribution in [1.29, 1.82) is 0 Å². The van der Waals surface area contributed by atoms with E-state index in [4.69, 9.17) is 10.8 Å². The van der Waals surface area contributed by atoms with Crippen molar-refractivity contribution in [3.05, 3.63) is 0 Å². The molecule has 0 aliphatic heterocycles. The van der Waals surface area contributed by atoms with E-state index in [1.54, 1.807) is 13.8 Å². The largest absolute Gasteiger partial charge is 0.480 e. The molecule has 0 fully saturated rings. The zero-order chi connectivity index (χ0) is 16.4. The summed E-state index contributed by atoms with van der Waals surface area (Å²) in [5.41, 5.74) is 4.95. The van der Waals surface area contributed by atoms with Crippen LogP contribution in [0.4, 0.5) is 4.79 Å². The number of aliphatic carboxylic acids is 1. The highest BCUT2D eigenvalue weighted by Gasteiger charge is 2.23. The van der Waals surface area contributed by atoms with Crippen molar-refractivity contribution in [3.8, 4) is 0 Å². The summed E-state index contributed by atoms with van der Waals surface area (Å²) in [6.07, 6.45) is -0.255. The molecule has 1 unspecified atom stereocenters. The molecule has 0 bridgehead atoms. The highest BCUT2D eigenvalue weighted by atomic mass is 16.4. The van der Waals surface area contributed by atoms with Crippen LogP contribution in [0.25, 0.3) is 0 Å². The van der Waals surface area contributed by atoms with Gasteiger partial charge in [-0.05, 0) is 20.3 Å². The van der Waals surface area contributed by atoms with Gasteiger partial charge in [-0.25, -0.2) is 9.59 Å². The summed E-state index contributed by atoms with van der Waals surface area (Å²) >= 11 is 0. The van der Waals surface area contributed by atoms with Crippen LogP contribution in [0.5, 0.6) is 0 Å². The molecule has 0 aromatic carbocycles. The van der Waals surface area contributed by atoms with Crippen molar-refractivity contribution in [2.24, 2.45) is 5.73 Å². The average molecular weight is 302 g/mol. The quantitative estimate of drug-likeness (QED) is 0.426. The van der Waals surface area contributed by atoms with Crippen LogP contribution in [0.2, 0.25) is 0 Å². The van der Waals surface area contributed by atoms with Gasteiger partial charge in [0.1, 0.15) is 12.6 Å². The maximum absolute atomic E-state index is 11.9. The number of amides is 4. The number of carboxylic acids is 1. The highest BCUT2D eigenvalue weighted by Crippen LogP contribution is 2.00. The molecule has 0 saturated carbocycles. The van der Waals surface area contributed by atoms with Gasteiger partial charge >= 0.3 is 12.0 Å². The first-order valence-corrected chi connectivity index (χ1v) is 6.65. The fourth-order valence-corrected chi connectivity index (χ4v) is 1.54. The Morgan fingerprint density at radius 3 is 2.29 bits per heavy atom. The minimum Gasteiger partial charge on any atom is -0.480 e. The predicted molar refractivity (Wildman–Crippen MR) is 74.3 cm³/mol. The number of nitrogens with zero attached hydrogens (tertiary/aromatic N) is 1. The lowest BCUT2D eigenvalue weighted by Gasteiger charge is -2.23. The number of hydrogen-bond donors (Lipinski definition) is 4. The fourth-order valence-electron chi connectivity index (χ4n) is 1.54. The van der Waals surface area contributed by atoms with Gasteiger partial charge in [-0.2, -0.15) is 0 Å². The predicted octanol–water partition coefficient (Wildman–Crippen LogP) is -1.13. The molecule has 9 nitrogen and oxygen atoms in total. The van der Waals surface area contributed by atoms with Gasteiger partial charge in [-0.15, -0.1) is 0 Å². The van der Waals surface area contributed by atoms with E-state index in [0.29, 0.717) is 6.54 Å². The number of rotatable bonds is 9. The first kappa shape index (κ1) is 18.7. The van der Waals surface area contributed by atoms with Gasteiger partial charge in [0.2, 0.25) is 11.8 Å². The maximum atomic E-state index is 11.9. The average Bonchev–Trinajstić information content (AvgIpc) is 2.40. The van der Waals surface area contributed by atoms with Crippen LogP contribution in [0.15, 0.2) is 0 Å². The van der Waals surface area contributed by atoms with Gasteiger partial charge < -0.3 is 26.4 Å². The Bertz CT molecular complexity index is 399. The van der Waals surface area contributed by atoms with Gasteiger partial charge in [0.25, 0.3) is 0 Å². The van der Waals surface area contributed by atoms with Crippen LogP contribution >= 0.6 is 0 Å². The fraction of sp³-hybridized carbons (Fsp3) is 0.667. The summed E-state index contributed by atoms with van der Waals surface area (Å²) in [4.78, 5) is 46.2. The Morgan fingerprint density at radius 1 is 1.24 bits per heavy atom. The first-order valence-electron chi connectivity index (χ1n) is 6.65. The molecule has 9 heteroatoms. The Labute approximate surface area is 122 Å². The molecule has 4 amide bonds. The summed E-state index contributed by atoms with van der Waals surface area (Å²) in [5.74, 6) is -2.25. The number of carbonyl (C=O) groups excluding carboxylic acids is 3. The zero-order valence-corrected chi connectivity index (χ0v) is 12.2. The van der Waals surface area contributed by atoms with Gasteiger partial charge in [0, 0.05) is 19.5 Å². The third-order valence-corrected chi connectivity index (χ3v) is 2.65. The first-order chi connectivity index (χ1) is 9.81. The Hall–Kier alpha value is -2.32. The number of hydrogen-bond acceptors (Lipinski definition) is 4. The van der Waals surface area contributed by atoms with E-state index in [2.05, 4.69) is 10.6 Å². The number of nitrogens with one attached hydrogen (secondary N) is 2. The van der Waals surface area contributed by atoms with Crippen molar-refractivity contribution in [2.75, 3.05) is 19.6 Å². The molecule has 0 rings (SSSR count). The number of primary amides is 1. The SMILES string of the molecule is CCNC(=O)CN(CC)C(=O)NC(CCC(N)=O)C(=O)O. The standard InChI is InChI=1S/C12H22N4O5/c1-3-14-10(18)7-16(4-2)12(21)15-8(11(19)20)5-6-9(13)17/h8H,3-7H2,1-2H3,(H2,13,17)(H,14,18)(H,15,21)(H,19,20). The molecule has 0 saturated heterocycles. The third-order valence-electron chi connectivity index (χ3n) is 2.65. The van der Waals surface area contributed by atoms with Gasteiger partial charge in [0.05, 0.1) is 0 Å². The maximum Gasteiger partial charge on any atom is 0.326 e. The lowest BCUT2D eigenvalue weighted by molar-refractivity contribution is -0.139. The molecule has 1 atom stereocenters. The van der Waals surface area contributed by atoms with E-state index in [-0.39, 0.29) is 31.8 Å². The number of carbonyl (C=O) groups is 4. The van der Waals surface area contributed by atoms with Crippen molar-refractivity contribution < 1.29 is 24.3 Å². The summed E-state index contributed by atoms with van der Waals surface area (Å²) in [5, 5.41) is 13.8. The number of nitrogens with two attached hydrogens (primary N) is 1. The Kier molecular flexibility index (Phi) is 8.51. The third kappa shape index (κ3) is 7.75. The van der Waals surface area contributed by atoms with E-state index in [0.717, 1.165) is 0 Å². The molecule has 0 heterocycles. The Morgan fingerprint density at radius 2 is 1.86 bits per heavy atom. The minimum absolute atomic E-state index is 0.102. The monoisotopic (exact) mass is 302 g/mol. The normalized spacial score (nSPS) is 11.3. The second kappa shape index (κ2) is 9.56. The lowest BCUT2D eigenvalue weighted by Crippen LogP contribution is -2.50. The molecule has 0 radical (unpaired) electrons. The van der Waals surface area contributed by atoms with E-state index < -0.39 is 23.9 Å². The molecule has 5 N–H and O–H groups in total. The van der Waals surface area contributed by atoms with Crippen LogP contribution in [0.3, 0.4) is 0 Å². The van der Waals surface area contributed by atoms with Crippen molar-refractivity contribution in [3.63, 3.8) is 0 Å². The van der Waals surface area contributed by atoms with Crippen LogP contribution < -0.4 is 16.4 Å². The van der Waals surface area contributed by atoms with Crippen LogP contribution in [-0.2, 0) is 14.4 Å². The van der Waals surface area contributed by atoms with E-state index >= 15 is 0 Å². The molecule has 120 valence electrons. The lowest BCUT2D eigenvalue weighted by atomic mass is 10.1. The molecule has 21 heavy (non-hydrogen) atoms.